The van der Waals surface area contributed by atoms with Gasteiger partial charge in [-0.05, 0) is 17.5 Å². The minimum absolute atomic E-state index is 0.461. The van der Waals surface area contributed by atoms with Crippen LogP contribution in [0.25, 0.3) is 0 Å². The second-order valence-corrected chi connectivity index (χ2v) is 6.79. The Morgan fingerprint density at radius 1 is 1.05 bits per heavy atom. The average molecular weight is 284 g/mol. The van der Waals surface area contributed by atoms with Crippen LogP contribution in [0.15, 0.2) is 67.3 Å². The zero-order valence-electron chi connectivity index (χ0n) is 12.1. The van der Waals surface area contributed by atoms with Crippen molar-refractivity contribution in [1.82, 2.24) is 0 Å². The Hall–Kier alpha value is -1.59. The summed E-state index contributed by atoms with van der Waals surface area (Å²) in [7, 11) is -0.691. The molecule has 0 spiro atoms. The zero-order chi connectivity index (χ0) is 14.4. The highest BCUT2D eigenvalue weighted by atomic mass is 31.1. The number of hydrogen-bond donors (Lipinski definition) is 0. The monoisotopic (exact) mass is 284 g/mol. The van der Waals surface area contributed by atoms with Crippen LogP contribution < -0.4 is 9.83 Å². The summed E-state index contributed by atoms with van der Waals surface area (Å²) in [4.78, 5) is 0. The SMILES string of the molecule is C=CCP(Oc1ccccc1C(C)C)c1ccccc1. The maximum absolute atomic E-state index is 6.33. The molecular weight excluding hydrogens is 263 g/mol. The van der Waals surface area contributed by atoms with Gasteiger partial charge in [0.15, 0.2) is 0 Å². The van der Waals surface area contributed by atoms with Crippen LogP contribution in [0.4, 0.5) is 0 Å². The van der Waals surface area contributed by atoms with E-state index in [4.69, 9.17) is 4.52 Å². The Morgan fingerprint density at radius 2 is 1.70 bits per heavy atom. The lowest BCUT2D eigenvalue weighted by Crippen LogP contribution is -2.07. The van der Waals surface area contributed by atoms with E-state index in [0.717, 1.165) is 11.9 Å². The first-order valence-electron chi connectivity index (χ1n) is 6.92. The van der Waals surface area contributed by atoms with Crippen LogP contribution in [0, 0.1) is 0 Å². The van der Waals surface area contributed by atoms with E-state index in [1.54, 1.807) is 0 Å². The first-order valence-corrected chi connectivity index (χ1v) is 8.37. The molecule has 104 valence electrons. The van der Waals surface area contributed by atoms with E-state index >= 15 is 0 Å². The van der Waals surface area contributed by atoms with E-state index in [1.165, 1.54) is 10.9 Å². The second-order valence-electron chi connectivity index (χ2n) is 4.97. The van der Waals surface area contributed by atoms with Crippen molar-refractivity contribution in [3.63, 3.8) is 0 Å². The Balaban J connectivity index is 2.27. The van der Waals surface area contributed by atoms with Gasteiger partial charge in [-0.25, -0.2) is 0 Å². The lowest BCUT2D eigenvalue weighted by atomic mass is 10.0. The van der Waals surface area contributed by atoms with Crippen LogP contribution in [0.5, 0.6) is 5.75 Å². The quantitative estimate of drug-likeness (QED) is 0.530. The number of allylic oxidation sites excluding steroid dienone is 1. The molecule has 0 radical (unpaired) electrons. The molecule has 0 heterocycles. The summed E-state index contributed by atoms with van der Waals surface area (Å²) >= 11 is 0. The summed E-state index contributed by atoms with van der Waals surface area (Å²) in [5.74, 6) is 1.46. The van der Waals surface area contributed by atoms with Crippen LogP contribution in [0.2, 0.25) is 0 Å². The van der Waals surface area contributed by atoms with E-state index in [9.17, 15) is 0 Å². The average Bonchev–Trinajstić information content (AvgIpc) is 2.48. The van der Waals surface area contributed by atoms with E-state index in [0.29, 0.717) is 5.92 Å². The number of para-hydroxylation sites is 1. The Bertz CT molecular complexity index is 548. The molecule has 2 heteroatoms. The molecule has 0 aliphatic heterocycles. The van der Waals surface area contributed by atoms with Crippen molar-refractivity contribution < 1.29 is 4.52 Å². The van der Waals surface area contributed by atoms with Gasteiger partial charge in [-0.3, -0.25) is 0 Å². The normalized spacial score (nSPS) is 12.2. The van der Waals surface area contributed by atoms with E-state index < -0.39 is 8.15 Å². The third-order valence-electron chi connectivity index (χ3n) is 3.09. The van der Waals surface area contributed by atoms with Crippen molar-refractivity contribution in [2.75, 3.05) is 6.16 Å². The number of rotatable bonds is 6. The largest absolute Gasteiger partial charge is 0.469 e. The van der Waals surface area contributed by atoms with Crippen molar-refractivity contribution in [2.45, 2.75) is 19.8 Å². The highest BCUT2D eigenvalue weighted by molar-refractivity contribution is 7.61. The number of benzene rings is 2. The van der Waals surface area contributed by atoms with Gasteiger partial charge in [0.25, 0.3) is 0 Å². The smallest absolute Gasteiger partial charge is 0.127 e. The molecule has 0 bridgehead atoms. The van der Waals surface area contributed by atoms with Crippen molar-refractivity contribution in [1.29, 1.82) is 0 Å². The van der Waals surface area contributed by atoms with Crippen molar-refractivity contribution >= 4 is 13.5 Å². The summed E-state index contributed by atoms with van der Waals surface area (Å²) < 4.78 is 6.33. The topological polar surface area (TPSA) is 9.23 Å². The van der Waals surface area contributed by atoms with Gasteiger partial charge in [0, 0.05) is 11.5 Å². The van der Waals surface area contributed by atoms with Crippen molar-refractivity contribution in [3.05, 3.63) is 72.8 Å². The third kappa shape index (κ3) is 3.71. The van der Waals surface area contributed by atoms with Crippen molar-refractivity contribution in [2.24, 2.45) is 0 Å². The molecule has 0 N–H and O–H groups in total. The van der Waals surface area contributed by atoms with Gasteiger partial charge in [-0.2, -0.15) is 0 Å². The van der Waals surface area contributed by atoms with Crippen LogP contribution in [0.3, 0.4) is 0 Å². The Labute approximate surface area is 123 Å². The fourth-order valence-corrected chi connectivity index (χ4v) is 3.60. The molecule has 20 heavy (non-hydrogen) atoms. The van der Waals surface area contributed by atoms with Gasteiger partial charge in [0.2, 0.25) is 0 Å². The number of hydrogen-bond acceptors (Lipinski definition) is 1. The summed E-state index contributed by atoms with van der Waals surface area (Å²) in [5.41, 5.74) is 1.26. The molecule has 2 aromatic rings. The molecule has 0 aliphatic rings. The highest BCUT2D eigenvalue weighted by Crippen LogP contribution is 2.40. The summed E-state index contributed by atoms with van der Waals surface area (Å²) in [6.45, 7) is 8.25. The molecule has 0 aliphatic carbocycles. The van der Waals surface area contributed by atoms with Gasteiger partial charge in [0.1, 0.15) is 13.9 Å². The van der Waals surface area contributed by atoms with Gasteiger partial charge in [0.05, 0.1) is 0 Å². The minimum Gasteiger partial charge on any atom is -0.469 e. The lowest BCUT2D eigenvalue weighted by molar-refractivity contribution is 0.605. The fourth-order valence-electron chi connectivity index (χ4n) is 2.07. The van der Waals surface area contributed by atoms with Gasteiger partial charge in [-0.15, -0.1) is 6.58 Å². The van der Waals surface area contributed by atoms with Gasteiger partial charge in [-0.1, -0.05) is 68.5 Å². The molecule has 2 rings (SSSR count). The molecular formula is C18H21OP. The molecule has 0 aromatic heterocycles. The Morgan fingerprint density at radius 3 is 2.35 bits per heavy atom. The Kier molecular flexibility index (Phi) is 5.38. The minimum atomic E-state index is -0.691. The molecule has 2 aromatic carbocycles. The second kappa shape index (κ2) is 7.26. The maximum Gasteiger partial charge on any atom is 0.127 e. The first-order chi connectivity index (χ1) is 9.72. The molecule has 1 atom stereocenters. The van der Waals surface area contributed by atoms with E-state index in [-0.39, 0.29) is 0 Å². The van der Waals surface area contributed by atoms with Crippen LogP contribution in [0.1, 0.15) is 25.3 Å². The van der Waals surface area contributed by atoms with Gasteiger partial charge >= 0.3 is 0 Å². The predicted octanol–water partition coefficient (Wildman–Crippen LogP) is 5.10. The standard InChI is InChI=1S/C18H21OP/c1-4-14-20(16-10-6-5-7-11-16)19-18-13-9-8-12-17(18)15(2)3/h4-13,15H,1,14H2,2-3H3. The lowest BCUT2D eigenvalue weighted by Gasteiger charge is -2.21. The van der Waals surface area contributed by atoms with Crippen molar-refractivity contribution in [3.8, 4) is 5.75 Å². The molecule has 1 unspecified atom stereocenters. The van der Waals surface area contributed by atoms with Crippen LogP contribution in [-0.4, -0.2) is 6.16 Å². The van der Waals surface area contributed by atoms with E-state index in [2.05, 4.69) is 62.9 Å². The third-order valence-corrected chi connectivity index (χ3v) is 4.97. The zero-order valence-corrected chi connectivity index (χ0v) is 13.0. The fraction of sp³-hybridized carbons (Fsp3) is 0.222. The van der Waals surface area contributed by atoms with Gasteiger partial charge < -0.3 is 4.52 Å². The maximum atomic E-state index is 6.33. The molecule has 0 saturated carbocycles. The van der Waals surface area contributed by atoms with Crippen LogP contribution >= 0.6 is 8.15 Å². The first kappa shape index (κ1) is 14.8. The summed E-state index contributed by atoms with van der Waals surface area (Å²) in [6.07, 6.45) is 2.81. The predicted molar refractivity (Wildman–Crippen MR) is 89.2 cm³/mol. The summed E-state index contributed by atoms with van der Waals surface area (Å²) in [5, 5.41) is 1.25. The molecule has 0 fully saturated rings. The molecule has 0 amide bonds. The highest BCUT2D eigenvalue weighted by Gasteiger charge is 2.15. The molecule has 0 saturated heterocycles. The molecule has 1 nitrogen and oxygen atoms in total. The van der Waals surface area contributed by atoms with Crippen LogP contribution in [-0.2, 0) is 0 Å². The summed E-state index contributed by atoms with van der Waals surface area (Å²) in [6, 6.07) is 18.7. The van der Waals surface area contributed by atoms with E-state index in [1.807, 2.05) is 18.2 Å².